The van der Waals surface area contributed by atoms with Crippen LogP contribution in [0.2, 0.25) is 0 Å². The van der Waals surface area contributed by atoms with Gasteiger partial charge in [0.1, 0.15) is 11.6 Å². The molecule has 0 saturated heterocycles. The van der Waals surface area contributed by atoms with E-state index in [0.717, 1.165) is 34.1 Å². The first-order valence-electron chi connectivity index (χ1n) is 9.65. The molecular weight excluding hydrogens is 404 g/mol. The van der Waals surface area contributed by atoms with Gasteiger partial charge in [-0.1, -0.05) is 23.9 Å². The highest BCUT2D eigenvalue weighted by Gasteiger charge is 2.15. The molecule has 0 bridgehead atoms. The molecule has 3 heterocycles. The molecular formula is C20H22N6O3S. The third kappa shape index (κ3) is 4.48. The predicted octanol–water partition coefficient (Wildman–Crippen LogP) is 2.16. The van der Waals surface area contributed by atoms with Gasteiger partial charge in [0.25, 0.3) is 0 Å². The van der Waals surface area contributed by atoms with Crippen LogP contribution in [-0.2, 0) is 24.3 Å². The molecule has 0 saturated carbocycles. The van der Waals surface area contributed by atoms with E-state index in [1.54, 1.807) is 22.6 Å². The number of benzene rings is 1. The first-order valence-corrected chi connectivity index (χ1v) is 10.6. The number of amides is 1. The molecule has 1 aromatic carbocycles. The molecule has 4 aromatic rings. The number of thioether (sulfide) groups is 1. The molecule has 9 nitrogen and oxygen atoms in total. The van der Waals surface area contributed by atoms with Gasteiger partial charge in [-0.15, -0.1) is 10.2 Å². The number of carbonyl (C=O) groups excluding carboxylic acids is 1. The number of nitrogens with one attached hydrogen (secondary N) is 1. The van der Waals surface area contributed by atoms with Gasteiger partial charge < -0.3 is 15.1 Å². The molecule has 3 N–H and O–H groups in total. The van der Waals surface area contributed by atoms with Gasteiger partial charge in [-0.25, -0.2) is 4.79 Å². The summed E-state index contributed by atoms with van der Waals surface area (Å²) in [5.41, 5.74) is 6.92. The van der Waals surface area contributed by atoms with Crippen molar-refractivity contribution in [3.63, 3.8) is 0 Å². The van der Waals surface area contributed by atoms with Crippen LogP contribution in [0.5, 0.6) is 0 Å². The highest BCUT2D eigenvalue weighted by atomic mass is 32.2. The average Bonchev–Trinajstić information content (AvgIpc) is 3.44. The van der Waals surface area contributed by atoms with E-state index in [4.69, 9.17) is 10.2 Å². The van der Waals surface area contributed by atoms with Gasteiger partial charge in [0.15, 0.2) is 5.16 Å². The summed E-state index contributed by atoms with van der Waals surface area (Å²) in [5.74, 6) is 1.86. The number of aryl methyl sites for hydroxylation is 2. The highest BCUT2D eigenvalue weighted by molar-refractivity contribution is 7.99. The van der Waals surface area contributed by atoms with Crippen molar-refractivity contribution >= 4 is 28.7 Å². The van der Waals surface area contributed by atoms with Crippen LogP contribution in [-0.4, -0.2) is 36.0 Å². The van der Waals surface area contributed by atoms with Crippen LogP contribution in [0.1, 0.15) is 24.4 Å². The summed E-state index contributed by atoms with van der Waals surface area (Å²) in [6.45, 7) is 1.09. The Labute approximate surface area is 176 Å². The van der Waals surface area contributed by atoms with Crippen molar-refractivity contribution in [2.75, 3.05) is 5.75 Å². The van der Waals surface area contributed by atoms with Crippen LogP contribution in [0.3, 0.4) is 0 Å². The smallest absolute Gasteiger partial charge is 0.326 e. The SMILES string of the molecule is NC(=O)CCc1nnc(SCCCn2c(=O)[nH]c3ccccc32)n1Cc1ccco1. The fraction of sp³-hybridized carbons (Fsp3) is 0.300. The number of carbonyl (C=O) groups is 1. The van der Waals surface area contributed by atoms with Crippen LogP contribution < -0.4 is 11.4 Å². The molecule has 0 spiro atoms. The first-order chi connectivity index (χ1) is 14.6. The van der Waals surface area contributed by atoms with E-state index in [-0.39, 0.29) is 18.0 Å². The van der Waals surface area contributed by atoms with Crippen LogP contribution in [0.15, 0.2) is 57.0 Å². The maximum absolute atomic E-state index is 12.2. The van der Waals surface area contributed by atoms with E-state index in [1.807, 2.05) is 41.0 Å². The number of fused-ring (bicyclic) bond motifs is 1. The van der Waals surface area contributed by atoms with Crippen LogP contribution >= 0.6 is 11.8 Å². The molecule has 0 aliphatic heterocycles. The summed E-state index contributed by atoms with van der Waals surface area (Å²) in [4.78, 5) is 26.2. The number of hydrogen-bond donors (Lipinski definition) is 2. The van der Waals surface area contributed by atoms with Gasteiger partial charge in [0.2, 0.25) is 5.91 Å². The monoisotopic (exact) mass is 426 g/mol. The summed E-state index contributed by atoms with van der Waals surface area (Å²) >= 11 is 1.56. The second-order valence-electron chi connectivity index (χ2n) is 6.83. The zero-order valence-electron chi connectivity index (χ0n) is 16.3. The molecule has 3 aromatic heterocycles. The van der Waals surface area contributed by atoms with E-state index in [1.165, 1.54) is 0 Å². The third-order valence-corrected chi connectivity index (χ3v) is 5.77. The normalized spacial score (nSPS) is 11.3. The van der Waals surface area contributed by atoms with E-state index in [2.05, 4.69) is 15.2 Å². The Morgan fingerprint density at radius 2 is 2.03 bits per heavy atom. The average molecular weight is 427 g/mol. The van der Waals surface area contributed by atoms with Crippen molar-refractivity contribution in [2.24, 2.45) is 5.73 Å². The molecule has 0 atom stereocenters. The standard InChI is InChI=1S/C20H22N6O3S/c21-17(27)8-9-18-23-24-20(26(18)13-14-5-3-11-29-14)30-12-4-10-25-16-7-2-1-6-15(16)22-19(25)28/h1-3,5-7,11H,4,8-10,12-13H2,(H2,21,27)(H,22,28). The summed E-state index contributed by atoms with van der Waals surface area (Å²) in [6, 6.07) is 11.4. The zero-order valence-corrected chi connectivity index (χ0v) is 17.1. The van der Waals surface area contributed by atoms with E-state index < -0.39 is 0 Å². The van der Waals surface area contributed by atoms with Crippen LogP contribution in [0.4, 0.5) is 0 Å². The maximum Gasteiger partial charge on any atom is 0.326 e. The number of nitrogens with two attached hydrogens (primary N) is 1. The summed E-state index contributed by atoms with van der Waals surface area (Å²) in [5, 5.41) is 9.27. The highest BCUT2D eigenvalue weighted by Crippen LogP contribution is 2.21. The van der Waals surface area contributed by atoms with Gasteiger partial charge in [-0.05, 0) is 30.7 Å². The van der Waals surface area contributed by atoms with Gasteiger partial charge in [0, 0.05) is 25.1 Å². The lowest BCUT2D eigenvalue weighted by Gasteiger charge is -2.08. The number of H-pyrrole nitrogens is 1. The first kappa shape index (κ1) is 20.0. The minimum absolute atomic E-state index is 0.101. The molecule has 0 unspecified atom stereocenters. The minimum Gasteiger partial charge on any atom is -0.467 e. The summed E-state index contributed by atoms with van der Waals surface area (Å²) in [6.07, 6.45) is 3.05. The number of furan rings is 1. The van der Waals surface area contributed by atoms with Gasteiger partial charge in [-0.2, -0.15) is 0 Å². The lowest BCUT2D eigenvalue weighted by molar-refractivity contribution is -0.118. The second kappa shape index (κ2) is 9.04. The Bertz CT molecular complexity index is 1190. The van der Waals surface area contributed by atoms with Crippen molar-refractivity contribution in [3.8, 4) is 0 Å². The fourth-order valence-corrected chi connectivity index (χ4v) is 4.16. The van der Waals surface area contributed by atoms with E-state index >= 15 is 0 Å². The number of nitrogens with zero attached hydrogens (tertiary/aromatic N) is 4. The molecule has 0 aliphatic carbocycles. The molecule has 1 amide bonds. The van der Waals surface area contributed by atoms with Crippen molar-refractivity contribution in [2.45, 2.75) is 37.5 Å². The lowest BCUT2D eigenvalue weighted by Crippen LogP contribution is -2.17. The van der Waals surface area contributed by atoms with Crippen molar-refractivity contribution in [1.82, 2.24) is 24.3 Å². The Balaban J connectivity index is 1.42. The zero-order chi connectivity index (χ0) is 20.9. The predicted molar refractivity (Wildman–Crippen MR) is 113 cm³/mol. The molecule has 30 heavy (non-hydrogen) atoms. The van der Waals surface area contributed by atoms with E-state index in [9.17, 15) is 9.59 Å². The topological polar surface area (TPSA) is 125 Å². The molecule has 0 radical (unpaired) electrons. The quantitative estimate of drug-likeness (QED) is 0.296. The van der Waals surface area contributed by atoms with Gasteiger partial charge in [0.05, 0.1) is 23.8 Å². The molecule has 4 rings (SSSR count). The lowest BCUT2D eigenvalue weighted by atomic mass is 10.3. The summed E-state index contributed by atoms with van der Waals surface area (Å²) in [7, 11) is 0. The van der Waals surface area contributed by atoms with Crippen molar-refractivity contribution in [3.05, 3.63) is 64.7 Å². The number of para-hydroxylation sites is 2. The van der Waals surface area contributed by atoms with Gasteiger partial charge >= 0.3 is 5.69 Å². The molecule has 10 heteroatoms. The molecule has 156 valence electrons. The number of hydrogen-bond acceptors (Lipinski definition) is 6. The Hall–Kier alpha value is -3.27. The largest absolute Gasteiger partial charge is 0.467 e. The van der Waals surface area contributed by atoms with Crippen LogP contribution in [0, 0.1) is 0 Å². The van der Waals surface area contributed by atoms with E-state index in [0.29, 0.717) is 25.3 Å². The number of primary amides is 1. The van der Waals surface area contributed by atoms with Crippen LogP contribution in [0.25, 0.3) is 11.0 Å². The second-order valence-corrected chi connectivity index (χ2v) is 7.89. The number of rotatable bonds is 10. The van der Waals surface area contributed by atoms with Gasteiger partial charge in [-0.3, -0.25) is 13.9 Å². The fourth-order valence-electron chi connectivity index (χ4n) is 3.28. The molecule has 0 fully saturated rings. The number of aromatic amines is 1. The minimum atomic E-state index is -0.374. The Morgan fingerprint density at radius 1 is 1.17 bits per heavy atom. The number of aromatic nitrogens is 5. The van der Waals surface area contributed by atoms with Crippen molar-refractivity contribution < 1.29 is 9.21 Å². The summed E-state index contributed by atoms with van der Waals surface area (Å²) < 4.78 is 9.15. The third-order valence-electron chi connectivity index (χ3n) is 4.72. The Kier molecular flexibility index (Phi) is 6.03. The Morgan fingerprint density at radius 3 is 2.83 bits per heavy atom. The maximum atomic E-state index is 12.2. The number of imidazole rings is 1. The molecule has 0 aliphatic rings. The van der Waals surface area contributed by atoms with Crippen molar-refractivity contribution in [1.29, 1.82) is 0 Å².